The lowest BCUT2D eigenvalue weighted by Crippen LogP contribution is -2.33. The second-order valence-electron chi connectivity index (χ2n) is 5.23. The van der Waals surface area contributed by atoms with Crippen molar-refractivity contribution < 1.29 is 0 Å². The predicted molar refractivity (Wildman–Crippen MR) is 72.3 cm³/mol. The molecule has 2 rings (SSSR count). The summed E-state index contributed by atoms with van der Waals surface area (Å²) < 4.78 is 2.12. The number of rotatable bonds is 2. The molecule has 0 bridgehead atoms. The van der Waals surface area contributed by atoms with Gasteiger partial charge in [-0.25, -0.2) is 4.98 Å². The number of aromatic nitrogens is 2. The SMILES string of the molecule is CC(C)n1c(C(C)(C)N)nc2cccc(Cl)c21. The largest absolute Gasteiger partial charge is 0.323 e. The van der Waals surface area contributed by atoms with Crippen molar-refractivity contribution in [1.29, 1.82) is 0 Å². The van der Waals surface area contributed by atoms with E-state index in [1.807, 2.05) is 32.0 Å². The summed E-state index contributed by atoms with van der Waals surface area (Å²) in [5.41, 5.74) is 7.58. The number of halogens is 1. The van der Waals surface area contributed by atoms with Crippen molar-refractivity contribution in [3.05, 3.63) is 29.0 Å². The lowest BCUT2D eigenvalue weighted by atomic mass is 10.1. The van der Waals surface area contributed by atoms with Crippen molar-refractivity contribution in [1.82, 2.24) is 9.55 Å². The number of hydrogen-bond donors (Lipinski definition) is 1. The number of imidazole rings is 1. The van der Waals surface area contributed by atoms with Gasteiger partial charge in [-0.2, -0.15) is 0 Å². The molecule has 1 heterocycles. The van der Waals surface area contributed by atoms with Crippen LogP contribution in [0.3, 0.4) is 0 Å². The molecule has 0 radical (unpaired) electrons. The number of benzene rings is 1. The summed E-state index contributed by atoms with van der Waals surface area (Å²) in [6, 6.07) is 6.04. The fraction of sp³-hybridized carbons (Fsp3) is 0.462. The fourth-order valence-corrected chi connectivity index (χ4v) is 2.32. The molecule has 0 saturated heterocycles. The van der Waals surface area contributed by atoms with Gasteiger partial charge >= 0.3 is 0 Å². The zero-order chi connectivity index (χ0) is 12.8. The van der Waals surface area contributed by atoms with Gasteiger partial charge in [0.05, 0.1) is 21.6 Å². The minimum absolute atomic E-state index is 0.276. The first-order chi connectivity index (χ1) is 7.82. The molecule has 0 spiro atoms. The highest BCUT2D eigenvalue weighted by molar-refractivity contribution is 6.35. The summed E-state index contributed by atoms with van der Waals surface area (Å²) in [6.07, 6.45) is 0. The van der Waals surface area contributed by atoms with Crippen LogP contribution >= 0.6 is 11.6 Å². The first-order valence-electron chi connectivity index (χ1n) is 5.78. The standard InChI is InChI=1S/C13H18ClN3/c1-8(2)17-11-9(14)6-5-7-10(11)16-12(17)13(3,4)15/h5-8H,15H2,1-4H3. The van der Waals surface area contributed by atoms with E-state index in [1.165, 1.54) is 0 Å². The number of para-hydroxylation sites is 1. The van der Waals surface area contributed by atoms with Gasteiger partial charge in [0.25, 0.3) is 0 Å². The molecule has 0 aliphatic rings. The maximum atomic E-state index is 6.27. The normalized spacial score (nSPS) is 12.6. The highest BCUT2D eigenvalue weighted by Crippen LogP contribution is 2.31. The average molecular weight is 252 g/mol. The third kappa shape index (κ3) is 2.05. The van der Waals surface area contributed by atoms with Crippen molar-refractivity contribution in [3.63, 3.8) is 0 Å². The van der Waals surface area contributed by atoms with Gasteiger partial charge in [-0.3, -0.25) is 0 Å². The van der Waals surface area contributed by atoms with E-state index in [2.05, 4.69) is 23.4 Å². The Kier molecular flexibility index (Phi) is 2.92. The second-order valence-corrected chi connectivity index (χ2v) is 5.64. The molecule has 92 valence electrons. The van der Waals surface area contributed by atoms with Crippen molar-refractivity contribution in [2.24, 2.45) is 5.73 Å². The van der Waals surface area contributed by atoms with Crippen LogP contribution in [-0.2, 0) is 5.54 Å². The minimum Gasteiger partial charge on any atom is -0.323 e. The molecule has 3 nitrogen and oxygen atoms in total. The van der Waals surface area contributed by atoms with Crippen LogP contribution in [0.25, 0.3) is 11.0 Å². The Morgan fingerprint density at radius 3 is 2.53 bits per heavy atom. The van der Waals surface area contributed by atoms with Gasteiger partial charge in [0.1, 0.15) is 5.82 Å². The molecule has 2 aromatic rings. The van der Waals surface area contributed by atoms with Crippen LogP contribution in [0.15, 0.2) is 18.2 Å². The van der Waals surface area contributed by atoms with Crippen molar-refractivity contribution in [2.45, 2.75) is 39.3 Å². The Bertz CT molecular complexity index is 550. The van der Waals surface area contributed by atoms with Gasteiger partial charge in [0, 0.05) is 6.04 Å². The van der Waals surface area contributed by atoms with Gasteiger partial charge in [-0.1, -0.05) is 17.7 Å². The Labute approximate surface area is 107 Å². The first-order valence-corrected chi connectivity index (χ1v) is 6.16. The van der Waals surface area contributed by atoms with E-state index in [0.29, 0.717) is 0 Å². The van der Waals surface area contributed by atoms with E-state index in [1.54, 1.807) is 0 Å². The molecule has 17 heavy (non-hydrogen) atoms. The molecule has 2 N–H and O–H groups in total. The zero-order valence-corrected chi connectivity index (χ0v) is 11.4. The van der Waals surface area contributed by atoms with Crippen LogP contribution in [0, 0.1) is 0 Å². The quantitative estimate of drug-likeness (QED) is 0.888. The molecule has 0 amide bonds. The van der Waals surface area contributed by atoms with Gasteiger partial charge in [-0.15, -0.1) is 0 Å². The van der Waals surface area contributed by atoms with E-state index in [4.69, 9.17) is 17.3 Å². The summed E-state index contributed by atoms with van der Waals surface area (Å²) in [4.78, 5) is 4.62. The van der Waals surface area contributed by atoms with Crippen molar-refractivity contribution >= 4 is 22.6 Å². The zero-order valence-electron chi connectivity index (χ0n) is 10.7. The Balaban J connectivity index is 2.86. The topological polar surface area (TPSA) is 43.8 Å². The average Bonchev–Trinajstić information content (AvgIpc) is 2.57. The van der Waals surface area contributed by atoms with Crippen LogP contribution in [0.4, 0.5) is 0 Å². The lowest BCUT2D eigenvalue weighted by Gasteiger charge is -2.22. The number of fused-ring (bicyclic) bond motifs is 1. The van der Waals surface area contributed by atoms with E-state index < -0.39 is 5.54 Å². The van der Waals surface area contributed by atoms with E-state index in [-0.39, 0.29) is 6.04 Å². The van der Waals surface area contributed by atoms with Gasteiger partial charge in [0.15, 0.2) is 0 Å². The molecule has 0 atom stereocenters. The van der Waals surface area contributed by atoms with Crippen molar-refractivity contribution in [2.75, 3.05) is 0 Å². The summed E-state index contributed by atoms with van der Waals surface area (Å²) in [5, 5.41) is 0.721. The van der Waals surface area contributed by atoms with E-state index >= 15 is 0 Å². The number of nitrogens with zero attached hydrogens (tertiary/aromatic N) is 2. The van der Waals surface area contributed by atoms with Crippen molar-refractivity contribution in [3.8, 4) is 0 Å². The minimum atomic E-state index is -0.480. The monoisotopic (exact) mass is 251 g/mol. The second kappa shape index (κ2) is 4.00. The molecule has 0 aliphatic heterocycles. The molecule has 0 saturated carbocycles. The Morgan fingerprint density at radius 1 is 1.35 bits per heavy atom. The van der Waals surface area contributed by atoms with Crippen LogP contribution in [-0.4, -0.2) is 9.55 Å². The molecule has 0 unspecified atom stereocenters. The maximum Gasteiger partial charge on any atom is 0.129 e. The third-order valence-electron chi connectivity index (χ3n) is 2.75. The molecule has 0 fully saturated rings. The maximum absolute atomic E-state index is 6.27. The van der Waals surface area contributed by atoms with Crippen LogP contribution < -0.4 is 5.73 Å². The molecular formula is C13H18ClN3. The van der Waals surface area contributed by atoms with E-state index in [9.17, 15) is 0 Å². The van der Waals surface area contributed by atoms with E-state index in [0.717, 1.165) is 21.9 Å². The summed E-state index contributed by atoms with van der Waals surface area (Å²) in [7, 11) is 0. The van der Waals surface area contributed by atoms with Crippen LogP contribution in [0.2, 0.25) is 5.02 Å². The lowest BCUT2D eigenvalue weighted by molar-refractivity contribution is 0.457. The summed E-state index contributed by atoms with van der Waals surface area (Å²) in [6.45, 7) is 8.14. The summed E-state index contributed by atoms with van der Waals surface area (Å²) in [5.74, 6) is 0.871. The molecule has 0 aliphatic carbocycles. The summed E-state index contributed by atoms with van der Waals surface area (Å²) >= 11 is 6.27. The van der Waals surface area contributed by atoms with Gasteiger partial charge < -0.3 is 10.3 Å². The van der Waals surface area contributed by atoms with Crippen LogP contribution in [0.5, 0.6) is 0 Å². The van der Waals surface area contributed by atoms with Crippen LogP contribution in [0.1, 0.15) is 39.6 Å². The fourth-order valence-electron chi connectivity index (χ4n) is 2.06. The molecule has 1 aromatic carbocycles. The smallest absolute Gasteiger partial charge is 0.129 e. The highest BCUT2D eigenvalue weighted by Gasteiger charge is 2.25. The number of nitrogens with two attached hydrogens (primary N) is 1. The van der Waals surface area contributed by atoms with Gasteiger partial charge in [-0.05, 0) is 39.8 Å². The molecule has 1 aromatic heterocycles. The Morgan fingerprint density at radius 2 is 2.00 bits per heavy atom. The molecule has 4 heteroatoms. The highest BCUT2D eigenvalue weighted by atomic mass is 35.5. The van der Waals surface area contributed by atoms with Gasteiger partial charge in [0.2, 0.25) is 0 Å². The third-order valence-corrected chi connectivity index (χ3v) is 3.06. The Hall–Kier alpha value is -1.06. The number of hydrogen-bond acceptors (Lipinski definition) is 2. The molecular weight excluding hydrogens is 234 g/mol. The first kappa shape index (κ1) is 12.4. The predicted octanol–water partition coefficient (Wildman–Crippen LogP) is 3.46.